The number of anilines is 2. The van der Waals surface area contributed by atoms with Gasteiger partial charge in [0.2, 0.25) is 35.4 Å². The van der Waals surface area contributed by atoms with Gasteiger partial charge < -0.3 is 10.6 Å². The normalized spacial score (nSPS) is 35.3. The molecule has 6 amide bonds. The second-order valence-corrected chi connectivity index (χ2v) is 13.6. The van der Waals surface area contributed by atoms with Crippen LogP contribution >= 0.6 is 0 Å². The molecular weight excluding hydrogens is 588 g/mol. The van der Waals surface area contributed by atoms with Crippen LogP contribution in [0.15, 0.2) is 48.5 Å². The monoisotopic (exact) mass is 624 g/mol. The maximum atomic E-state index is 13.7. The molecule has 238 valence electrons. The van der Waals surface area contributed by atoms with Crippen molar-refractivity contribution in [3.63, 3.8) is 0 Å². The molecule has 6 aliphatic heterocycles. The van der Waals surface area contributed by atoms with Crippen LogP contribution in [0.1, 0.15) is 50.7 Å². The van der Waals surface area contributed by atoms with Gasteiger partial charge in [-0.25, -0.2) is 0 Å². The van der Waals surface area contributed by atoms with E-state index in [0.29, 0.717) is 48.2 Å². The van der Waals surface area contributed by atoms with Crippen LogP contribution in [0.25, 0.3) is 0 Å². The zero-order chi connectivity index (χ0) is 32.1. The van der Waals surface area contributed by atoms with Gasteiger partial charge >= 0.3 is 0 Å². The molecule has 46 heavy (non-hydrogen) atoms. The Balaban J connectivity index is 0.892. The van der Waals surface area contributed by atoms with Crippen molar-refractivity contribution in [3.8, 4) is 0 Å². The van der Waals surface area contributed by atoms with E-state index in [4.69, 9.17) is 0 Å². The fraction of sp³-hybridized carbons (Fsp3) is 0.471. The van der Waals surface area contributed by atoms with Crippen molar-refractivity contribution in [1.29, 1.82) is 0 Å². The predicted octanol–water partition coefficient (Wildman–Crippen LogP) is 1.43. The Labute approximate surface area is 265 Å². The molecule has 2 aromatic carbocycles. The molecule has 0 bridgehead atoms. The van der Waals surface area contributed by atoms with Crippen molar-refractivity contribution in [3.05, 3.63) is 59.7 Å². The Hall–Kier alpha value is -4.42. The van der Waals surface area contributed by atoms with Crippen molar-refractivity contribution >= 4 is 46.8 Å². The molecule has 12 heteroatoms. The van der Waals surface area contributed by atoms with Crippen LogP contribution in [0.2, 0.25) is 0 Å². The zero-order valence-corrected chi connectivity index (χ0v) is 25.7. The topological polar surface area (TPSA) is 157 Å². The first-order valence-electron chi connectivity index (χ1n) is 16.2. The third-order valence-electron chi connectivity index (χ3n) is 11.2. The van der Waals surface area contributed by atoms with E-state index in [9.17, 15) is 28.8 Å². The number of para-hydroxylation sites is 2. The first-order valence-corrected chi connectivity index (χ1v) is 16.2. The summed E-state index contributed by atoms with van der Waals surface area (Å²) >= 11 is 0. The summed E-state index contributed by atoms with van der Waals surface area (Å²) in [5.74, 6) is -4.62. The third kappa shape index (κ3) is 3.56. The summed E-state index contributed by atoms with van der Waals surface area (Å²) in [6.45, 7) is 4.20. The average Bonchev–Trinajstić information content (AvgIpc) is 3.81. The number of rotatable bonds is 7. The molecule has 4 saturated heterocycles. The molecular formula is C34H36N6O6. The summed E-state index contributed by atoms with van der Waals surface area (Å²) in [5.41, 5.74) is 0.187. The fourth-order valence-electron chi connectivity index (χ4n) is 9.29. The first kappa shape index (κ1) is 29.0. The number of likely N-dealkylation sites (tertiary alicyclic amines) is 2. The van der Waals surface area contributed by atoms with Gasteiger partial charge in [-0.1, -0.05) is 49.2 Å². The summed E-state index contributed by atoms with van der Waals surface area (Å²) in [6.07, 6.45) is 2.52. The van der Waals surface area contributed by atoms with Crippen molar-refractivity contribution in [2.24, 2.45) is 23.7 Å². The molecule has 0 saturated carbocycles. The van der Waals surface area contributed by atoms with E-state index in [0.717, 1.165) is 0 Å². The number of nitrogens with zero attached hydrogens (tertiary/aromatic N) is 2. The molecule has 12 nitrogen and oxygen atoms in total. The Morgan fingerprint density at radius 3 is 1.37 bits per heavy atom. The Kier molecular flexibility index (Phi) is 6.33. The van der Waals surface area contributed by atoms with Crippen molar-refractivity contribution in [1.82, 2.24) is 20.4 Å². The standard InChI is InChI=1S/C34H36N6O6/c1-17-23-25(33(37-17)19-11-5-7-13-21(19)35-31(33)45)29(43)39(27(23)41)15-9-3-4-10-16-40-28(42)24-18(2)38-34(26(24)30(40)44)20-12-6-8-14-22(20)36-32(34)46/h5-8,11-14,17-18,23-26,37-38H,3-4,9-10,15-16H2,1-2H3,(H,35,45)(H,36,46)/t17-,18-,23+,24+,25-,26-,33+,34+/m0/s1. The van der Waals surface area contributed by atoms with Crippen molar-refractivity contribution in [2.45, 2.75) is 62.7 Å². The molecule has 8 rings (SSSR count). The van der Waals surface area contributed by atoms with E-state index in [-0.39, 0.29) is 60.6 Å². The molecule has 4 N–H and O–H groups in total. The minimum atomic E-state index is -1.26. The number of fused-ring (bicyclic) bond motifs is 8. The van der Waals surface area contributed by atoms with E-state index < -0.39 is 34.7 Å². The summed E-state index contributed by atoms with van der Waals surface area (Å²) in [5, 5.41) is 12.4. The number of nitrogens with one attached hydrogen (secondary N) is 4. The zero-order valence-electron chi connectivity index (χ0n) is 25.7. The van der Waals surface area contributed by atoms with Crippen LogP contribution in [-0.2, 0) is 39.8 Å². The van der Waals surface area contributed by atoms with Gasteiger partial charge in [0.25, 0.3) is 0 Å². The number of amides is 6. The van der Waals surface area contributed by atoms with Crippen molar-refractivity contribution < 1.29 is 28.8 Å². The Bertz CT molecular complexity index is 1620. The summed E-state index contributed by atoms with van der Waals surface area (Å²) < 4.78 is 0. The number of unbranched alkanes of at least 4 members (excludes halogenated alkanes) is 3. The van der Waals surface area contributed by atoms with Crippen LogP contribution in [0.3, 0.4) is 0 Å². The quantitative estimate of drug-likeness (QED) is 0.266. The lowest BCUT2D eigenvalue weighted by atomic mass is 9.76. The highest BCUT2D eigenvalue weighted by molar-refractivity contribution is 6.16. The maximum absolute atomic E-state index is 13.7. The number of hydrogen-bond donors (Lipinski definition) is 4. The van der Waals surface area contributed by atoms with E-state index in [1.165, 1.54) is 9.80 Å². The second kappa shape index (κ2) is 10.0. The predicted molar refractivity (Wildman–Crippen MR) is 165 cm³/mol. The lowest BCUT2D eigenvalue weighted by Crippen LogP contribution is -2.53. The minimum absolute atomic E-state index is 0.252. The molecule has 0 aliphatic carbocycles. The van der Waals surface area contributed by atoms with Crippen LogP contribution in [0, 0.1) is 23.7 Å². The lowest BCUT2D eigenvalue weighted by molar-refractivity contribution is -0.144. The van der Waals surface area contributed by atoms with Crippen LogP contribution < -0.4 is 21.3 Å². The maximum Gasteiger partial charge on any atom is 0.250 e. The number of imide groups is 2. The molecule has 0 aromatic heterocycles. The van der Waals surface area contributed by atoms with Crippen LogP contribution in [0.4, 0.5) is 11.4 Å². The third-order valence-corrected chi connectivity index (χ3v) is 11.2. The van der Waals surface area contributed by atoms with Gasteiger partial charge in [0, 0.05) is 47.7 Å². The number of hydrogen-bond acceptors (Lipinski definition) is 8. The van der Waals surface area contributed by atoms with E-state index in [1.54, 1.807) is 12.1 Å². The largest absolute Gasteiger partial charge is 0.324 e. The van der Waals surface area contributed by atoms with Gasteiger partial charge in [-0.3, -0.25) is 49.2 Å². The molecule has 8 atom stereocenters. The highest BCUT2D eigenvalue weighted by Gasteiger charge is 2.70. The van der Waals surface area contributed by atoms with Gasteiger partial charge in [0.05, 0.1) is 23.7 Å². The molecule has 0 unspecified atom stereocenters. The van der Waals surface area contributed by atoms with E-state index in [1.807, 2.05) is 50.2 Å². The minimum Gasteiger partial charge on any atom is -0.324 e. The van der Waals surface area contributed by atoms with Gasteiger partial charge in [-0.15, -0.1) is 0 Å². The first-order chi connectivity index (χ1) is 22.1. The van der Waals surface area contributed by atoms with E-state index >= 15 is 0 Å². The summed E-state index contributed by atoms with van der Waals surface area (Å²) in [4.78, 5) is 83.6. The summed E-state index contributed by atoms with van der Waals surface area (Å²) in [7, 11) is 0. The van der Waals surface area contributed by atoms with Gasteiger partial charge in [0.1, 0.15) is 11.1 Å². The molecule has 2 spiro atoms. The lowest BCUT2D eigenvalue weighted by Gasteiger charge is -2.29. The SMILES string of the molecule is C[C@@H]1N[C@@]2(C(=O)Nc3ccccc32)[C@@H]2C(=O)N(CCCCCCN3C(=O)[C@@H]4[C@H](C)N[C@@]5(C(=O)Nc6ccccc65)[C@@H]4C3=O)C(=O)[C@H]12. The highest BCUT2D eigenvalue weighted by atomic mass is 16.2. The molecule has 2 aromatic rings. The Morgan fingerprint density at radius 2 is 0.957 bits per heavy atom. The smallest absolute Gasteiger partial charge is 0.250 e. The Morgan fingerprint density at radius 1 is 0.565 bits per heavy atom. The molecule has 0 radical (unpaired) electrons. The highest BCUT2D eigenvalue weighted by Crippen LogP contribution is 2.54. The number of carbonyl (C=O) groups excluding carboxylic acids is 6. The van der Waals surface area contributed by atoms with Crippen molar-refractivity contribution in [2.75, 3.05) is 23.7 Å². The van der Waals surface area contributed by atoms with Gasteiger partial charge in [0.15, 0.2) is 0 Å². The van der Waals surface area contributed by atoms with Crippen LogP contribution in [0.5, 0.6) is 0 Å². The number of benzene rings is 2. The van der Waals surface area contributed by atoms with Crippen LogP contribution in [-0.4, -0.2) is 70.4 Å². The van der Waals surface area contributed by atoms with Gasteiger partial charge in [-0.2, -0.15) is 0 Å². The second-order valence-electron chi connectivity index (χ2n) is 13.6. The molecule has 4 fully saturated rings. The molecule has 6 aliphatic rings. The summed E-state index contributed by atoms with van der Waals surface area (Å²) in [6, 6.07) is 13.9. The number of carbonyl (C=O) groups is 6. The average molecular weight is 625 g/mol. The fourth-order valence-corrected chi connectivity index (χ4v) is 9.29. The van der Waals surface area contributed by atoms with E-state index in [2.05, 4.69) is 21.3 Å². The van der Waals surface area contributed by atoms with Gasteiger partial charge in [-0.05, 0) is 38.8 Å². The molecule has 6 heterocycles.